The number of carbonyl (C=O) groups excluding carboxylic acids is 2. The standard InChI is InChI=1S/C18H21N3O8/c1-26-17(22)13-10-29-11-20(16(13)18(23)27-2)15-9-12(3-4-14(15)21(24)25)19-5-7-28-8-6-19/h3-4,9H,5-8,10-11H2,1-2H3. The van der Waals surface area contributed by atoms with Crippen molar-refractivity contribution in [3.63, 3.8) is 0 Å². The van der Waals surface area contributed by atoms with Gasteiger partial charge in [0.2, 0.25) is 0 Å². The summed E-state index contributed by atoms with van der Waals surface area (Å²) < 4.78 is 20.3. The Morgan fingerprint density at radius 2 is 1.79 bits per heavy atom. The van der Waals surface area contributed by atoms with Crippen molar-refractivity contribution < 1.29 is 33.5 Å². The van der Waals surface area contributed by atoms with Crippen LogP contribution in [-0.4, -0.2) is 70.7 Å². The number of nitro groups is 1. The van der Waals surface area contributed by atoms with Crippen LogP contribution in [0, 0.1) is 10.1 Å². The van der Waals surface area contributed by atoms with E-state index in [9.17, 15) is 19.7 Å². The first-order valence-electron chi connectivity index (χ1n) is 8.84. The number of anilines is 2. The predicted molar refractivity (Wildman–Crippen MR) is 100 cm³/mol. The maximum absolute atomic E-state index is 12.5. The van der Waals surface area contributed by atoms with E-state index in [1.165, 1.54) is 18.1 Å². The van der Waals surface area contributed by atoms with Gasteiger partial charge < -0.3 is 28.7 Å². The van der Waals surface area contributed by atoms with Gasteiger partial charge in [0.25, 0.3) is 5.69 Å². The van der Waals surface area contributed by atoms with Crippen LogP contribution >= 0.6 is 0 Å². The third kappa shape index (κ3) is 4.15. The number of rotatable bonds is 5. The zero-order valence-corrected chi connectivity index (χ0v) is 16.1. The molecule has 0 bridgehead atoms. The lowest BCUT2D eigenvalue weighted by Gasteiger charge is -2.33. The van der Waals surface area contributed by atoms with Crippen molar-refractivity contribution in [1.82, 2.24) is 0 Å². The highest BCUT2D eigenvalue weighted by Crippen LogP contribution is 2.37. The molecule has 1 saturated heterocycles. The van der Waals surface area contributed by atoms with Gasteiger partial charge in [0.05, 0.1) is 44.5 Å². The van der Waals surface area contributed by atoms with Crippen molar-refractivity contribution >= 4 is 29.0 Å². The molecule has 1 aromatic rings. The van der Waals surface area contributed by atoms with Crippen LogP contribution in [0.2, 0.25) is 0 Å². The van der Waals surface area contributed by atoms with Crippen molar-refractivity contribution in [2.24, 2.45) is 0 Å². The molecule has 1 fully saturated rings. The van der Waals surface area contributed by atoms with Gasteiger partial charge in [0.1, 0.15) is 18.1 Å². The van der Waals surface area contributed by atoms with Gasteiger partial charge in [0.15, 0.2) is 0 Å². The van der Waals surface area contributed by atoms with E-state index in [-0.39, 0.29) is 36.0 Å². The molecule has 2 heterocycles. The van der Waals surface area contributed by atoms with Gasteiger partial charge in [-0.1, -0.05) is 0 Å². The average molecular weight is 407 g/mol. The van der Waals surface area contributed by atoms with Crippen molar-refractivity contribution in [3.8, 4) is 0 Å². The van der Waals surface area contributed by atoms with Gasteiger partial charge in [0, 0.05) is 24.8 Å². The fourth-order valence-electron chi connectivity index (χ4n) is 3.23. The molecule has 0 unspecified atom stereocenters. The fourth-order valence-corrected chi connectivity index (χ4v) is 3.23. The highest BCUT2D eigenvalue weighted by molar-refractivity contribution is 6.04. The van der Waals surface area contributed by atoms with Crippen LogP contribution in [0.15, 0.2) is 29.5 Å². The molecule has 0 spiro atoms. The first-order chi connectivity index (χ1) is 14.0. The van der Waals surface area contributed by atoms with E-state index >= 15 is 0 Å². The topological polar surface area (TPSA) is 121 Å². The highest BCUT2D eigenvalue weighted by atomic mass is 16.6. The minimum atomic E-state index is -0.820. The summed E-state index contributed by atoms with van der Waals surface area (Å²) in [6, 6.07) is 4.60. The predicted octanol–water partition coefficient (Wildman–Crippen LogP) is 0.826. The summed E-state index contributed by atoms with van der Waals surface area (Å²) in [5.41, 5.74) is 0.381. The zero-order chi connectivity index (χ0) is 21.0. The van der Waals surface area contributed by atoms with E-state index in [4.69, 9.17) is 18.9 Å². The van der Waals surface area contributed by atoms with Gasteiger partial charge in [-0.25, -0.2) is 9.59 Å². The normalized spacial score (nSPS) is 17.2. The lowest BCUT2D eigenvalue weighted by atomic mass is 10.1. The van der Waals surface area contributed by atoms with Gasteiger partial charge in [-0.2, -0.15) is 0 Å². The molecular weight excluding hydrogens is 386 g/mol. The molecule has 11 heteroatoms. The molecule has 2 aliphatic heterocycles. The van der Waals surface area contributed by atoms with Gasteiger partial charge >= 0.3 is 11.9 Å². The van der Waals surface area contributed by atoms with Crippen LogP contribution in [0.1, 0.15) is 0 Å². The van der Waals surface area contributed by atoms with Crippen molar-refractivity contribution in [3.05, 3.63) is 39.6 Å². The molecular formula is C18H21N3O8. The molecule has 2 aliphatic rings. The molecule has 0 radical (unpaired) electrons. The third-order valence-electron chi connectivity index (χ3n) is 4.66. The van der Waals surface area contributed by atoms with E-state index < -0.39 is 16.9 Å². The first-order valence-corrected chi connectivity index (χ1v) is 8.84. The van der Waals surface area contributed by atoms with E-state index in [1.54, 1.807) is 12.1 Å². The second-order valence-corrected chi connectivity index (χ2v) is 6.25. The molecule has 0 atom stereocenters. The number of hydrogen-bond donors (Lipinski definition) is 0. The van der Waals surface area contributed by atoms with Crippen molar-refractivity contribution in [1.29, 1.82) is 0 Å². The fraction of sp³-hybridized carbons (Fsp3) is 0.444. The second-order valence-electron chi connectivity index (χ2n) is 6.25. The molecule has 0 aliphatic carbocycles. The average Bonchev–Trinajstić information content (AvgIpc) is 2.77. The monoisotopic (exact) mass is 407 g/mol. The summed E-state index contributed by atoms with van der Waals surface area (Å²) in [7, 11) is 2.33. The number of methoxy groups -OCH3 is 2. The molecule has 1 aromatic carbocycles. The van der Waals surface area contributed by atoms with E-state index in [1.807, 2.05) is 4.90 Å². The molecule has 11 nitrogen and oxygen atoms in total. The van der Waals surface area contributed by atoms with Gasteiger partial charge in [-0.3, -0.25) is 10.1 Å². The summed E-state index contributed by atoms with van der Waals surface area (Å²) in [5, 5.41) is 11.7. The number of benzene rings is 1. The lowest BCUT2D eigenvalue weighted by Crippen LogP contribution is -2.39. The number of nitrogens with zero attached hydrogens (tertiary/aromatic N) is 3. The molecule has 156 valence electrons. The van der Waals surface area contributed by atoms with Crippen LogP contribution in [0.5, 0.6) is 0 Å². The molecule has 0 amide bonds. The second kappa shape index (κ2) is 8.88. The van der Waals surface area contributed by atoms with Crippen LogP contribution < -0.4 is 9.80 Å². The maximum atomic E-state index is 12.5. The van der Waals surface area contributed by atoms with E-state index in [0.29, 0.717) is 26.3 Å². The Hall–Kier alpha value is -3.18. The third-order valence-corrected chi connectivity index (χ3v) is 4.66. The van der Waals surface area contributed by atoms with Crippen LogP contribution in [0.25, 0.3) is 0 Å². The van der Waals surface area contributed by atoms with Gasteiger partial charge in [-0.15, -0.1) is 0 Å². The Kier molecular flexibility index (Phi) is 6.29. The maximum Gasteiger partial charge on any atom is 0.355 e. The Bertz CT molecular complexity index is 848. The first kappa shape index (κ1) is 20.6. The summed E-state index contributed by atoms with van der Waals surface area (Å²) in [6.45, 7) is 1.99. The molecule has 3 rings (SSSR count). The number of nitro benzene ring substituents is 1. The van der Waals surface area contributed by atoms with E-state index in [0.717, 1.165) is 12.8 Å². The van der Waals surface area contributed by atoms with Crippen LogP contribution in [-0.2, 0) is 28.5 Å². The summed E-state index contributed by atoms with van der Waals surface area (Å²) in [6.07, 6.45) is 0. The number of hydrogen-bond acceptors (Lipinski definition) is 10. The van der Waals surface area contributed by atoms with E-state index in [2.05, 4.69) is 0 Å². The summed E-state index contributed by atoms with van der Waals surface area (Å²) >= 11 is 0. The lowest BCUT2D eigenvalue weighted by molar-refractivity contribution is -0.384. The largest absolute Gasteiger partial charge is 0.466 e. The molecule has 0 N–H and O–H groups in total. The molecule has 0 saturated carbocycles. The molecule has 29 heavy (non-hydrogen) atoms. The van der Waals surface area contributed by atoms with Gasteiger partial charge in [-0.05, 0) is 12.1 Å². The smallest absolute Gasteiger partial charge is 0.355 e. The van der Waals surface area contributed by atoms with Crippen LogP contribution in [0.3, 0.4) is 0 Å². The number of esters is 2. The van der Waals surface area contributed by atoms with Crippen LogP contribution in [0.4, 0.5) is 17.1 Å². The highest BCUT2D eigenvalue weighted by Gasteiger charge is 2.35. The SMILES string of the molecule is COC(=O)C1=C(C(=O)OC)N(c2cc(N3CCOCC3)ccc2[N+](=O)[O-])COC1. The summed E-state index contributed by atoms with van der Waals surface area (Å²) in [5.74, 6) is -1.60. The van der Waals surface area contributed by atoms with Crippen molar-refractivity contribution in [2.75, 3.05) is 63.7 Å². The minimum absolute atomic E-state index is 0.0725. The summed E-state index contributed by atoms with van der Waals surface area (Å²) in [4.78, 5) is 39.0. The number of ether oxygens (including phenoxy) is 4. The number of carbonyl (C=O) groups is 2. The molecule has 0 aromatic heterocycles. The Morgan fingerprint density at radius 1 is 1.10 bits per heavy atom. The number of morpholine rings is 1. The minimum Gasteiger partial charge on any atom is -0.466 e. The zero-order valence-electron chi connectivity index (χ0n) is 16.1. The van der Waals surface area contributed by atoms with Crippen molar-refractivity contribution in [2.45, 2.75) is 0 Å². The Balaban J connectivity index is 2.13. The Morgan fingerprint density at radius 3 is 2.41 bits per heavy atom. The Labute approximate surface area is 166 Å². The quantitative estimate of drug-likeness (QED) is 0.394.